The molecule has 0 aromatic heterocycles. The molecular formula is C20H14O2. The zero-order chi connectivity index (χ0) is 14.8. The monoisotopic (exact) mass is 286 g/mol. The maximum atomic E-state index is 10.5. The van der Waals surface area contributed by atoms with Crippen molar-refractivity contribution >= 4 is 38.4 Å². The van der Waals surface area contributed by atoms with E-state index in [0.29, 0.717) is 0 Å². The van der Waals surface area contributed by atoms with Crippen LogP contribution in [0.25, 0.3) is 38.4 Å². The fourth-order valence-electron chi connectivity index (χ4n) is 3.86. The van der Waals surface area contributed by atoms with Crippen LogP contribution in [0.4, 0.5) is 0 Å². The van der Waals surface area contributed by atoms with Gasteiger partial charge in [-0.15, -0.1) is 0 Å². The third-order valence-electron chi connectivity index (χ3n) is 4.84. The van der Waals surface area contributed by atoms with Gasteiger partial charge in [0.15, 0.2) is 0 Å². The Morgan fingerprint density at radius 1 is 0.727 bits per heavy atom. The lowest BCUT2D eigenvalue weighted by molar-refractivity contribution is 0.0481. The van der Waals surface area contributed by atoms with Gasteiger partial charge in [0.25, 0.3) is 0 Å². The van der Waals surface area contributed by atoms with Gasteiger partial charge in [-0.1, -0.05) is 60.7 Å². The smallest absolute Gasteiger partial charge is 0.110 e. The van der Waals surface area contributed by atoms with E-state index in [4.69, 9.17) is 0 Å². The Hall–Kier alpha value is -2.42. The molecular weight excluding hydrogens is 272 g/mol. The molecule has 0 heterocycles. The molecule has 0 fully saturated rings. The molecule has 0 spiro atoms. The van der Waals surface area contributed by atoms with Gasteiger partial charge in [0.2, 0.25) is 0 Å². The molecule has 2 atom stereocenters. The predicted molar refractivity (Wildman–Crippen MR) is 90.1 cm³/mol. The van der Waals surface area contributed by atoms with Gasteiger partial charge in [0, 0.05) is 0 Å². The number of benzene rings is 4. The maximum absolute atomic E-state index is 10.5. The topological polar surface area (TPSA) is 40.5 Å². The Kier molecular flexibility index (Phi) is 2.25. The lowest BCUT2D eigenvalue weighted by atomic mass is 9.82. The van der Waals surface area contributed by atoms with E-state index in [2.05, 4.69) is 30.3 Å². The van der Waals surface area contributed by atoms with Crippen LogP contribution in [-0.2, 0) is 0 Å². The molecule has 2 nitrogen and oxygen atoms in total. The summed E-state index contributed by atoms with van der Waals surface area (Å²) in [5.41, 5.74) is 1.86. The van der Waals surface area contributed by atoms with Crippen LogP contribution >= 0.6 is 0 Å². The molecule has 0 saturated carbocycles. The molecule has 0 aliphatic heterocycles. The van der Waals surface area contributed by atoms with Crippen molar-refractivity contribution in [3.8, 4) is 0 Å². The fraction of sp³-hybridized carbons (Fsp3) is 0.100. The Labute approximate surface area is 127 Å². The fourth-order valence-corrected chi connectivity index (χ4v) is 3.86. The molecule has 0 bridgehead atoms. The van der Waals surface area contributed by atoms with Crippen molar-refractivity contribution in [1.29, 1.82) is 0 Å². The molecule has 0 amide bonds. The quantitative estimate of drug-likeness (QED) is 0.480. The minimum absolute atomic E-state index is 0.840. The molecule has 2 heteroatoms. The van der Waals surface area contributed by atoms with E-state index in [-0.39, 0.29) is 0 Å². The van der Waals surface area contributed by atoms with Gasteiger partial charge in [0.05, 0.1) is 0 Å². The van der Waals surface area contributed by atoms with E-state index in [1.165, 1.54) is 21.5 Å². The van der Waals surface area contributed by atoms with Gasteiger partial charge >= 0.3 is 0 Å². The van der Waals surface area contributed by atoms with Gasteiger partial charge in [-0.25, -0.2) is 0 Å². The van der Waals surface area contributed by atoms with Crippen LogP contribution in [0, 0.1) is 0 Å². The largest absolute Gasteiger partial charge is 0.386 e. The van der Waals surface area contributed by atoms with Crippen LogP contribution in [0.3, 0.4) is 0 Å². The first-order chi connectivity index (χ1) is 10.8. The lowest BCUT2D eigenvalue weighted by Gasteiger charge is -2.26. The number of hydrogen-bond donors (Lipinski definition) is 2. The van der Waals surface area contributed by atoms with Crippen molar-refractivity contribution < 1.29 is 10.2 Å². The Morgan fingerprint density at radius 2 is 1.36 bits per heavy atom. The minimum Gasteiger partial charge on any atom is -0.386 e. The second kappa shape index (κ2) is 4.07. The average molecular weight is 286 g/mol. The molecule has 22 heavy (non-hydrogen) atoms. The molecule has 0 radical (unpaired) electrons. The summed E-state index contributed by atoms with van der Waals surface area (Å²) in [6, 6.07) is 16.7. The zero-order valence-corrected chi connectivity index (χ0v) is 11.8. The zero-order valence-electron chi connectivity index (χ0n) is 11.8. The summed E-state index contributed by atoms with van der Waals surface area (Å²) < 4.78 is 0. The highest BCUT2D eigenvalue weighted by molar-refractivity contribution is 6.25. The highest BCUT2D eigenvalue weighted by atomic mass is 16.3. The number of hydrogen-bond acceptors (Lipinski definition) is 2. The summed E-state index contributed by atoms with van der Waals surface area (Å²) in [6.07, 6.45) is 1.89. The van der Waals surface area contributed by atoms with Gasteiger partial charge in [-0.2, -0.15) is 0 Å². The van der Waals surface area contributed by atoms with Crippen molar-refractivity contribution in [3.05, 3.63) is 65.7 Å². The van der Waals surface area contributed by atoms with Crippen molar-refractivity contribution in [1.82, 2.24) is 0 Å². The van der Waals surface area contributed by atoms with Gasteiger partial charge in [-0.05, 0) is 43.4 Å². The molecule has 0 unspecified atom stereocenters. The average Bonchev–Trinajstić information content (AvgIpc) is 2.56. The Morgan fingerprint density at radius 3 is 2.09 bits per heavy atom. The number of aliphatic hydroxyl groups excluding tert-OH is 2. The highest BCUT2D eigenvalue weighted by Crippen LogP contribution is 2.43. The van der Waals surface area contributed by atoms with Crippen LogP contribution < -0.4 is 0 Å². The molecule has 4 aromatic carbocycles. The van der Waals surface area contributed by atoms with Crippen LogP contribution in [0.1, 0.15) is 17.2 Å². The van der Waals surface area contributed by atoms with E-state index in [0.717, 1.165) is 21.9 Å². The number of aliphatic hydroxyl groups is 2. The molecule has 106 valence electrons. The number of rotatable bonds is 0. The number of fused-ring (bicyclic) bond motifs is 3. The van der Waals surface area contributed by atoms with Crippen LogP contribution in [0.15, 0.2) is 54.6 Å². The standard InChI is InChI=1S/C20H14O2/c21-16-10-9-14-13-5-1-3-11-7-8-12-4-2-6-15(18(12)17(11)13)19(14)20(16)22/h1-10,16,20-22H/t16-,20+/m0/s1. The third kappa shape index (κ3) is 1.36. The van der Waals surface area contributed by atoms with E-state index < -0.39 is 12.2 Å². The van der Waals surface area contributed by atoms with Crippen molar-refractivity contribution in [2.45, 2.75) is 12.2 Å². The van der Waals surface area contributed by atoms with Crippen LogP contribution in [0.2, 0.25) is 0 Å². The SMILES string of the molecule is O[C@H]1C=Cc2c(c3cccc4ccc5cccc2c5c43)[C@@H]1O. The second-order valence-electron chi connectivity index (χ2n) is 5.99. The molecule has 0 saturated heterocycles. The predicted octanol–water partition coefficient (Wildman–Crippen LogP) is 4.01. The van der Waals surface area contributed by atoms with Crippen molar-refractivity contribution in [2.75, 3.05) is 0 Å². The van der Waals surface area contributed by atoms with E-state index in [1.54, 1.807) is 6.08 Å². The van der Waals surface area contributed by atoms with Gasteiger partial charge in [0.1, 0.15) is 12.2 Å². The highest BCUT2D eigenvalue weighted by Gasteiger charge is 2.27. The van der Waals surface area contributed by atoms with Gasteiger partial charge < -0.3 is 10.2 Å². The van der Waals surface area contributed by atoms with Crippen LogP contribution in [0.5, 0.6) is 0 Å². The molecule has 4 aromatic rings. The van der Waals surface area contributed by atoms with Crippen molar-refractivity contribution in [3.63, 3.8) is 0 Å². The molecule has 1 aliphatic carbocycles. The summed E-state index contributed by atoms with van der Waals surface area (Å²) >= 11 is 0. The van der Waals surface area contributed by atoms with Gasteiger partial charge in [-0.3, -0.25) is 0 Å². The Bertz CT molecular complexity index is 1060. The second-order valence-corrected chi connectivity index (χ2v) is 5.99. The maximum Gasteiger partial charge on any atom is 0.110 e. The first-order valence-corrected chi connectivity index (χ1v) is 7.49. The summed E-state index contributed by atoms with van der Waals surface area (Å²) in [5, 5.41) is 27.6. The minimum atomic E-state index is -0.880. The molecule has 5 rings (SSSR count). The van der Waals surface area contributed by atoms with E-state index in [9.17, 15) is 10.2 Å². The van der Waals surface area contributed by atoms with E-state index >= 15 is 0 Å². The summed E-state index contributed by atoms with van der Waals surface area (Å²) in [4.78, 5) is 0. The summed E-state index contributed by atoms with van der Waals surface area (Å²) in [5.74, 6) is 0. The first kappa shape index (κ1) is 12.2. The summed E-state index contributed by atoms with van der Waals surface area (Å²) in [7, 11) is 0. The lowest BCUT2D eigenvalue weighted by Crippen LogP contribution is -2.20. The Balaban J connectivity index is 2.16. The molecule has 2 N–H and O–H groups in total. The first-order valence-electron chi connectivity index (χ1n) is 7.49. The van der Waals surface area contributed by atoms with E-state index in [1.807, 2.05) is 24.3 Å². The normalized spacial score (nSPS) is 21.0. The van der Waals surface area contributed by atoms with Crippen molar-refractivity contribution in [2.24, 2.45) is 0 Å². The third-order valence-corrected chi connectivity index (χ3v) is 4.84. The summed E-state index contributed by atoms with van der Waals surface area (Å²) in [6.45, 7) is 0. The van der Waals surface area contributed by atoms with Crippen LogP contribution in [-0.4, -0.2) is 16.3 Å². The molecule has 1 aliphatic rings.